The molecule has 0 aliphatic carbocycles. The summed E-state index contributed by atoms with van der Waals surface area (Å²) in [5.41, 5.74) is 0.0103. The van der Waals surface area contributed by atoms with E-state index in [1.165, 1.54) is 0 Å². The molecule has 0 unspecified atom stereocenters. The van der Waals surface area contributed by atoms with Gasteiger partial charge in [0.2, 0.25) is 0 Å². The van der Waals surface area contributed by atoms with Crippen LogP contribution in [0.25, 0.3) is 11.3 Å². The second-order valence-electron chi connectivity index (χ2n) is 3.85. The van der Waals surface area contributed by atoms with E-state index in [9.17, 15) is 13.2 Å². The minimum atomic E-state index is -4.47. The quantitative estimate of drug-likeness (QED) is 0.610. The molecule has 0 bridgehead atoms. The van der Waals surface area contributed by atoms with E-state index in [-0.39, 0.29) is 10.9 Å². The molecule has 1 heterocycles. The first-order chi connectivity index (χ1) is 9.44. The highest BCUT2D eigenvalue weighted by Gasteiger charge is 2.33. The smallest absolute Gasteiger partial charge is 0.222 e. The van der Waals surface area contributed by atoms with Gasteiger partial charge in [0.25, 0.3) is 0 Å². The molecule has 1 aromatic heterocycles. The van der Waals surface area contributed by atoms with Gasteiger partial charge in [0, 0.05) is 10.5 Å². The first-order valence-corrected chi connectivity index (χ1v) is 8.03. The number of aromatic nitrogens is 2. The van der Waals surface area contributed by atoms with E-state index < -0.39 is 11.9 Å². The third-order valence-electron chi connectivity index (χ3n) is 2.56. The lowest BCUT2D eigenvalue weighted by Gasteiger charge is -2.09. The van der Waals surface area contributed by atoms with Gasteiger partial charge in [-0.1, -0.05) is 23.9 Å². The topological polar surface area (TPSA) is 25.8 Å². The number of hydrogen-bond acceptors (Lipinski definition) is 4. The van der Waals surface area contributed by atoms with E-state index in [0.29, 0.717) is 5.56 Å². The van der Waals surface area contributed by atoms with E-state index in [1.54, 1.807) is 30.2 Å². The van der Waals surface area contributed by atoms with Crippen molar-refractivity contribution in [1.29, 1.82) is 0 Å². The summed E-state index contributed by atoms with van der Waals surface area (Å²) < 4.78 is 38.4. The van der Waals surface area contributed by atoms with Crippen LogP contribution in [-0.4, -0.2) is 22.5 Å². The number of thioether (sulfide) groups is 2. The summed E-state index contributed by atoms with van der Waals surface area (Å²) in [6.07, 6.45) is -0.884. The van der Waals surface area contributed by atoms with Gasteiger partial charge in [0.1, 0.15) is 5.69 Å². The van der Waals surface area contributed by atoms with Crippen LogP contribution in [0, 0.1) is 0 Å². The molecule has 0 fully saturated rings. The lowest BCUT2D eigenvalue weighted by Crippen LogP contribution is -2.09. The average Bonchev–Trinajstić information content (AvgIpc) is 2.46. The van der Waals surface area contributed by atoms with Crippen molar-refractivity contribution in [2.75, 3.05) is 12.5 Å². The van der Waals surface area contributed by atoms with E-state index >= 15 is 0 Å². The standard InChI is InChI=1S/C13H11F3N2S2/c1-19-9-5-3-8(4-6-9)10-7-11(13(14,15)16)18-12(17-10)20-2/h3-7H,1-2H3. The molecule has 2 rings (SSSR count). The Morgan fingerprint density at radius 3 is 2.10 bits per heavy atom. The molecule has 106 valence electrons. The van der Waals surface area contributed by atoms with Crippen LogP contribution in [0.1, 0.15) is 5.69 Å². The molecule has 0 aliphatic rings. The van der Waals surface area contributed by atoms with Crippen molar-refractivity contribution in [3.8, 4) is 11.3 Å². The molecule has 7 heteroatoms. The van der Waals surface area contributed by atoms with Crippen LogP contribution in [-0.2, 0) is 6.18 Å². The maximum atomic E-state index is 12.8. The van der Waals surface area contributed by atoms with Gasteiger partial charge in [0.15, 0.2) is 5.16 Å². The maximum absolute atomic E-state index is 12.8. The maximum Gasteiger partial charge on any atom is 0.433 e. The third-order valence-corrected chi connectivity index (χ3v) is 3.86. The second-order valence-corrected chi connectivity index (χ2v) is 5.50. The summed E-state index contributed by atoms with van der Waals surface area (Å²) in [6.45, 7) is 0. The van der Waals surface area contributed by atoms with Crippen molar-refractivity contribution >= 4 is 23.5 Å². The zero-order valence-corrected chi connectivity index (χ0v) is 12.4. The van der Waals surface area contributed by atoms with Gasteiger partial charge in [-0.2, -0.15) is 13.2 Å². The van der Waals surface area contributed by atoms with Crippen LogP contribution in [0.3, 0.4) is 0 Å². The number of nitrogens with zero attached hydrogens (tertiary/aromatic N) is 2. The molecule has 0 saturated carbocycles. The molecule has 20 heavy (non-hydrogen) atoms. The van der Waals surface area contributed by atoms with Gasteiger partial charge in [-0.3, -0.25) is 0 Å². The van der Waals surface area contributed by atoms with E-state index in [1.807, 2.05) is 18.4 Å². The Labute approximate surface area is 123 Å². The number of hydrogen-bond donors (Lipinski definition) is 0. The summed E-state index contributed by atoms with van der Waals surface area (Å²) in [5, 5.41) is 0.115. The molecule has 0 atom stereocenters. The van der Waals surface area contributed by atoms with E-state index in [4.69, 9.17) is 0 Å². The Balaban J connectivity index is 2.49. The summed E-state index contributed by atoms with van der Waals surface area (Å²) in [4.78, 5) is 8.69. The highest BCUT2D eigenvalue weighted by atomic mass is 32.2. The van der Waals surface area contributed by atoms with Gasteiger partial charge in [-0.15, -0.1) is 11.8 Å². The molecule has 2 aromatic rings. The number of rotatable bonds is 3. The fourth-order valence-electron chi connectivity index (χ4n) is 1.57. The van der Waals surface area contributed by atoms with Crippen molar-refractivity contribution < 1.29 is 13.2 Å². The van der Waals surface area contributed by atoms with Crippen LogP contribution >= 0.6 is 23.5 Å². The molecular formula is C13H11F3N2S2. The van der Waals surface area contributed by atoms with Crippen molar-refractivity contribution in [2.24, 2.45) is 0 Å². The van der Waals surface area contributed by atoms with Gasteiger partial charge in [-0.05, 0) is 30.7 Å². The Morgan fingerprint density at radius 1 is 0.950 bits per heavy atom. The van der Waals surface area contributed by atoms with E-state index in [2.05, 4.69) is 9.97 Å². The molecular weight excluding hydrogens is 305 g/mol. The Hall–Kier alpha value is -1.21. The highest BCUT2D eigenvalue weighted by Crippen LogP contribution is 2.32. The van der Waals surface area contributed by atoms with Gasteiger partial charge in [-0.25, -0.2) is 9.97 Å². The predicted octanol–water partition coefficient (Wildman–Crippen LogP) is 4.61. The molecule has 0 spiro atoms. The highest BCUT2D eigenvalue weighted by molar-refractivity contribution is 7.98. The zero-order valence-electron chi connectivity index (χ0n) is 10.7. The monoisotopic (exact) mass is 316 g/mol. The van der Waals surface area contributed by atoms with Gasteiger partial charge < -0.3 is 0 Å². The minimum Gasteiger partial charge on any atom is -0.222 e. The number of halogens is 3. The molecule has 0 amide bonds. The summed E-state index contributed by atoms with van der Waals surface area (Å²) >= 11 is 2.66. The fourth-order valence-corrected chi connectivity index (χ4v) is 2.36. The fraction of sp³-hybridized carbons (Fsp3) is 0.231. The second kappa shape index (κ2) is 6.05. The summed E-state index contributed by atoms with van der Waals surface area (Å²) in [6, 6.07) is 8.22. The average molecular weight is 316 g/mol. The van der Waals surface area contributed by atoms with Crippen molar-refractivity contribution in [2.45, 2.75) is 16.2 Å². The van der Waals surface area contributed by atoms with Gasteiger partial charge >= 0.3 is 6.18 Å². The first kappa shape index (κ1) is 15.2. The van der Waals surface area contributed by atoms with Crippen molar-refractivity contribution in [3.05, 3.63) is 36.0 Å². The Kier molecular flexibility index (Phi) is 4.59. The van der Waals surface area contributed by atoms with Crippen molar-refractivity contribution in [3.63, 3.8) is 0 Å². The molecule has 0 saturated heterocycles. The molecule has 0 radical (unpaired) electrons. The number of benzene rings is 1. The van der Waals surface area contributed by atoms with Crippen LogP contribution in [0.15, 0.2) is 40.4 Å². The molecule has 0 N–H and O–H groups in total. The molecule has 0 aliphatic heterocycles. The summed E-state index contributed by atoms with van der Waals surface area (Å²) in [7, 11) is 0. The van der Waals surface area contributed by atoms with Gasteiger partial charge in [0.05, 0.1) is 5.69 Å². The third kappa shape index (κ3) is 3.46. The molecule has 1 aromatic carbocycles. The largest absolute Gasteiger partial charge is 0.433 e. The van der Waals surface area contributed by atoms with Crippen LogP contribution in [0.4, 0.5) is 13.2 Å². The Morgan fingerprint density at radius 2 is 1.60 bits per heavy atom. The normalized spacial score (nSPS) is 11.7. The van der Waals surface area contributed by atoms with E-state index in [0.717, 1.165) is 22.7 Å². The molecule has 2 nitrogen and oxygen atoms in total. The number of alkyl halides is 3. The predicted molar refractivity (Wildman–Crippen MR) is 76.0 cm³/mol. The van der Waals surface area contributed by atoms with Crippen LogP contribution in [0.5, 0.6) is 0 Å². The Bertz CT molecular complexity index is 598. The SMILES string of the molecule is CSc1ccc(-c2cc(C(F)(F)F)nc(SC)n2)cc1. The van der Waals surface area contributed by atoms with Crippen molar-refractivity contribution in [1.82, 2.24) is 9.97 Å². The summed E-state index contributed by atoms with van der Waals surface area (Å²) in [5.74, 6) is 0. The first-order valence-electron chi connectivity index (χ1n) is 5.58. The minimum absolute atomic E-state index is 0.115. The van der Waals surface area contributed by atoms with Crippen LogP contribution in [0.2, 0.25) is 0 Å². The lowest BCUT2D eigenvalue weighted by molar-refractivity contribution is -0.141. The lowest BCUT2D eigenvalue weighted by atomic mass is 10.1. The van der Waals surface area contributed by atoms with Crippen LogP contribution < -0.4 is 0 Å². The zero-order chi connectivity index (χ0) is 14.8.